The minimum absolute atomic E-state index is 0.868. The van der Waals surface area contributed by atoms with E-state index in [0.29, 0.717) is 0 Å². The molecule has 0 bridgehead atoms. The summed E-state index contributed by atoms with van der Waals surface area (Å²) < 4.78 is 7.67. The first-order valence-electron chi connectivity index (χ1n) is 6.36. The molecule has 100 valence electrons. The summed E-state index contributed by atoms with van der Waals surface area (Å²) in [6, 6.07) is 7.91. The summed E-state index contributed by atoms with van der Waals surface area (Å²) in [5.41, 5.74) is 2.85. The SMILES string of the molecule is CC(=Nc1ccccc1O[SiH](C)C)c1cnn(C)c1. The average Bonchev–Trinajstić information content (AvgIpc) is 2.78. The van der Waals surface area contributed by atoms with Gasteiger partial charge >= 0.3 is 0 Å². The minimum atomic E-state index is -1.13. The van der Waals surface area contributed by atoms with E-state index in [4.69, 9.17) is 4.43 Å². The number of para-hydroxylation sites is 2. The summed E-state index contributed by atoms with van der Waals surface area (Å²) in [4.78, 5) is 4.66. The van der Waals surface area contributed by atoms with Gasteiger partial charge in [0.05, 0.1) is 6.20 Å². The Morgan fingerprint density at radius 2 is 2.05 bits per heavy atom. The van der Waals surface area contributed by atoms with Gasteiger partial charge < -0.3 is 4.43 Å². The van der Waals surface area contributed by atoms with Crippen molar-refractivity contribution in [1.82, 2.24) is 9.78 Å². The summed E-state index contributed by atoms with van der Waals surface area (Å²) in [6.45, 7) is 6.28. The topological polar surface area (TPSA) is 39.4 Å². The molecule has 0 saturated heterocycles. The predicted molar refractivity (Wildman–Crippen MR) is 81.0 cm³/mol. The van der Waals surface area contributed by atoms with Gasteiger partial charge in [0.25, 0.3) is 0 Å². The fraction of sp³-hybridized carbons (Fsp3) is 0.286. The normalized spacial score (nSPS) is 11.9. The maximum Gasteiger partial charge on any atom is 0.229 e. The number of benzene rings is 1. The summed E-state index contributed by atoms with van der Waals surface area (Å²) >= 11 is 0. The van der Waals surface area contributed by atoms with Crippen LogP contribution >= 0.6 is 0 Å². The molecule has 2 rings (SSSR count). The third-order valence-electron chi connectivity index (χ3n) is 2.64. The number of aliphatic imine (C=N–C) groups is 1. The van der Waals surface area contributed by atoms with Crippen molar-refractivity contribution in [1.29, 1.82) is 0 Å². The molecule has 1 aromatic heterocycles. The fourth-order valence-corrected chi connectivity index (χ4v) is 2.46. The fourth-order valence-electron chi connectivity index (χ4n) is 1.76. The van der Waals surface area contributed by atoms with E-state index in [1.54, 1.807) is 4.68 Å². The number of rotatable bonds is 4. The average molecular weight is 273 g/mol. The molecule has 0 spiro atoms. The maximum absolute atomic E-state index is 5.90. The van der Waals surface area contributed by atoms with Crippen LogP contribution in [0.25, 0.3) is 0 Å². The summed E-state index contributed by atoms with van der Waals surface area (Å²) in [5.74, 6) is 0.868. The van der Waals surface area contributed by atoms with Crippen LogP contribution in [0.1, 0.15) is 12.5 Å². The molecule has 0 unspecified atom stereocenters. The van der Waals surface area contributed by atoms with Crippen LogP contribution in [0.2, 0.25) is 13.1 Å². The molecule has 4 nitrogen and oxygen atoms in total. The molecule has 0 atom stereocenters. The zero-order valence-electron chi connectivity index (χ0n) is 11.8. The van der Waals surface area contributed by atoms with Crippen molar-refractivity contribution in [3.63, 3.8) is 0 Å². The Balaban J connectivity index is 2.31. The Morgan fingerprint density at radius 3 is 2.68 bits per heavy atom. The first-order valence-corrected chi connectivity index (χ1v) is 9.14. The quantitative estimate of drug-likeness (QED) is 0.634. The molecule has 2 aromatic rings. The Labute approximate surface area is 115 Å². The minimum Gasteiger partial charge on any atom is -0.546 e. The molecule has 1 aromatic carbocycles. The third kappa shape index (κ3) is 3.54. The van der Waals surface area contributed by atoms with Crippen molar-refractivity contribution in [2.24, 2.45) is 12.0 Å². The second kappa shape index (κ2) is 5.84. The summed E-state index contributed by atoms with van der Waals surface area (Å²) in [5, 5.41) is 4.16. The van der Waals surface area contributed by atoms with Crippen molar-refractivity contribution in [3.8, 4) is 5.75 Å². The van der Waals surface area contributed by atoms with E-state index in [1.165, 1.54) is 0 Å². The first-order chi connectivity index (χ1) is 9.06. The lowest BCUT2D eigenvalue weighted by Gasteiger charge is -2.11. The van der Waals surface area contributed by atoms with Crippen LogP contribution in [0.15, 0.2) is 41.7 Å². The van der Waals surface area contributed by atoms with Gasteiger partial charge in [-0.1, -0.05) is 12.1 Å². The number of nitrogens with zero attached hydrogens (tertiary/aromatic N) is 3. The van der Waals surface area contributed by atoms with E-state index < -0.39 is 9.04 Å². The lowest BCUT2D eigenvalue weighted by atomic mass is 10.2. The zero-order chi connectivity index (χ0) is 13.8. The second-order valence-corrected chi connectivity index (χ2v) is 7.07. The van der Waals surface area contributed by atoms with E-state index in [-0.39, 0.29) is 0 Å². The van der Waals surface area contributed by atoms with Crippen molar-refractivity contribution in [3.05, 3.63) is 42.2 Å². The van der Waals surface area contributed by atoms with Gasteiger partial charge in [-0.3, -0.25) is 4.68 Å². The molecule has 0 radical (unpaired) electrons. The Kier molecular flexibility index (Phi) is 4.16. The molecular weight excluding hydrogens is 254 g/mol. The monoisotopic (exact) mass is 273 g/mol. The van der Waals surface area contributed by atoms with Crippen molar-refractivity contribution in [2.45, 2.75) is 20.0 Å². The van der Waals surface area contributed by atoms with E-state index in [1.807, 2.05) is 50.6 Å². The molecule has 0 saturated carbocycles. The van der Waals surface area contributed by atoms with Crippen LogP contribution in [0.5, 0.6) is 5.75 Å². The van der Waals surface area contributed by atoms with Crippen LogP contribution in [-0.4, -0.2) is 24.5 Å². The number of aryl methyl sites for hydroxylation is 1. The Bertz CT molecular complexity index is 590. The highest BCUT2D eigenvalue weighted by molar-refractivity contribution is 6.49. The molecule has 0 N–H and O–H groups in total. The zero-order valence-corrected chi connectivity index (χ0v) is 12.9. The highest BCUT2D eigenvalue weighted by Gasteiger charge is 2.06. The number of aromatic nitrogens is 2. The molecule has 1 heterocycles. The number of hydrogen-bond acceptors (Lipinski definition) is 3. The highest BCUT2D eigenvalue weighted by Crippen LogP contribution is 2.28. The Hall–Kier alpha value is -1.88. The van der Waals surface area contributed by atoms with Gasteiger partial charge in [-0.05, 0) is 32.2 Å². The third-order valence-corrected chi connectivity index (χ3v) is 3.36. The number of hydrogen-bond donors (Lipinski definition) is 0. The smallest absolute Gasteiger partial charge is 0.229 e. The van der Waals surface area contributed by atoms with E-state index >= 15 is 0 Å². The van der Waals surface area contributed by atoms with Crippen LogP contribution in [0.4, 0.5) is 5.69 Å². The molecule has 0 aliphatic carbocycles. The molecular formula is C14H19N3OSi. The maximum atomic E-state index is 5.90. The van der Waals surface area contributed by atoms with Crippen LogP contribution in [0.3, 0.4) is 0 Å². The Morgan fingerprint density at radius 1 is 1.32 bits per heavy atom. The van der Waals surface area contributed by atoms with Gasteiger partial charge in [0.1, 0.15) is 11.4 Å². The summed E-state index contributed by atoms with van der Waals surface area (Å²) in [6.07, 6.45) is 3.78. The molecule has 0 aliphatic rings. The van der Waals surface area contributed by atoms with E-state index in [9.17, 15) is 0 Å². The molecule has 19 heavy (non-hydrogen) atoms. The van der Waals surface area contributed by atoms with Crippen molar-refractivity contribution in [2.75, 3.05) is 0 Å². The molecule has 0 amide bonds. The van der Waals surface area contributed by atoms with Gasteiger partial charge in [0.2, 0.25) is 9.04 Å². The van der Waals surface area contributed by atoms with Gasteiger partial charge in [0, 0.05) is 24.5 Å². The van der Waals surface area contributed by atoms with Crippen LogP contribution < -0.4 is 4.43 Å². The van der Waals surface area contributed by atoms with Gasteiger partial charge in [-0.2, -0.15) is 5.10 Å². The largest absolute Gasteiger partial charge is 0.546 e. The summed E-state index contributed by atoms with van der Waals surface area (Å²) in [7, 11) is 0.775. The predicted octanol–water partition coefficient (Wildman–Crippen LogP) is 2.92. The van der Waals surface area contributed by atoms with E-state index in [0.717, 1.165) is 22.7 Å². The van der Waals surface area contributed by atoms with Gasteiger partial charge in [0.15, 0.2) is 0 Å². The van der Waals surface area contributed by atoms with Crippen molar-refractivity contribution >= 4 is 20.4 Å². The first kappa shape index (κ1) is 13.5. The van der Waals surface area contributed by atoms with Crippen LogP contribution in [0, 0.1) is 0 Å². The lowest BCUT2D eigenvalue weighted by molar-refractivity contribution is 0.582. The molecule has 5 heteroatoms. The highest BCUT2D eigenvalue weighted by atomic mass is 28.3. The van der Waals surface area contributed by atoms with Gasteiger partial charge in [-0.25, -0.2) is 4.99 Å². The van der Waals surface area contributed by atoms with Crippen molar-refractivity contribution < 1.29 is 4.43 Å². The second-order valence-electron chi connectivity index (χ2n) is 4.73. The van der Waals surface area contributed by atoms with Gasteiger partial charge in [-0.15, -0.1) is 0 Å². The van der Waals surface area contributed by atoms with E-state index in [2.05, 4.69) is 23.2 Å². The standard InChI is InChI=1S/C14H19N3OSi/c1-11(12-9-15-17(2)10-12)16-13-7-5-6-8-14(13)18-19(3)4/h5-10,19H,1-4H3. The van der Waals surface area contributed by atoms with Crippen LogP contribution in [-0.2, 0) is 7.05 Å². The molecule has 0 fully saturated rings. The molecule has 0 aliphatic heterocycles. The lowest BCUT2D eigenvalue weighted by Crippen LogP contribution is -2.11.